The normalized spacial score (nSPS) is 17.5. The highest BCUT2D eigenvalue weighted by atomic mass is 79.9. The summed E-state index contributed by atoms with van der Waals surface area (Å²) in [5, 5.41) is 34.4. The molecule has 4 aliphatic heterocycles. The van der Waals surface area contributed by atoms with Gasteiger partial charge in [0, 0.05) is 87.0 Å². The molecule has 0 unspecified atom stereocenters. The molecule has 0 fully saturated rings. The fourth-order valence-corrected chi connectivity index (χ4v) is 9.47. The van der Waals surface area contributed by atoms with Gasteiger partial charge in [-0.15, -0.1) is 0 Å². The average molecular weight is 1150 g/mol. The van der Waals surface area contributed by atoms with Crippen molar-refractivity contribution in [3.63, 3.8) is 0 Å². The van der Waals surface area contributed by atoms with Crippen molar-refractivity contribution in [2.45, 2.75) is 23.9 Å². The van der Waals surface area contributed by atoms with Crippen molar-refractivity contribution in [2.24, 2.45) is 21.5 Å². The maximum Gasteiger partial charge on any atom is 0.493 e. The van der Waals surface area contributed by atoms with E-state index in [-0.39, 0.29) is 17.5 Å². The number of halogens is 6. The minimum absolute atomic E-state index is 0.104. The van der Waals surface area contributed by atoms with Crippen LogP contribution in [0.15, 0.2) is 149 Å². The second-order valence-corrected chi connectivity index (χ2v) is 18.7. The highest BCUT2D eigenvalue weighted by Gasteiger charge is 2.45. The number of rotatable bonds is 4. The molecule has 8 aromatic rings. The number of hydrogen-bond donors (Lipinski definition) is 6. The lowest BCUT2D eigenvalue weighted by Crippen LogP contribution is -2.33. The number of aromatic nitrogens is 6. The van der Waals surface area contributed by atoms with E-state index in [1.54, 1.807) is 48.8 Å². The van der Waals surface area contributed by atoms with Crippen LogP contribution in [-0.2, 0) is 20.6 Å². The number of nitrogens with two attached hydrogens (primary N) is 2. The van der Waals surface area contributed by atoms with Gasteiger partial charge in [-0.2, -0.15) is 17.6 Å². The Morgan fingerprint density at radius 2 is 1.13 bits per heavy atom. The van der Waals surface area contributed by atoms with Crippen molar-refractivity contribution in [3.8, 4) is 45.4 Å². The first kappa shape index (κ1) is 55.0. The molecular weight excluding hydrogens is 1110 g/mol. The first-order valence-electron chi connectivity index (χ1n) is 23.5. The van der Waals surface area contributed by atoms with E-state index >= 15 is 0 Å². The highest BCUT2D eigenvalue weighted by molar-refractivity contribution is 9.10. The zero-order valence-electron chi connectivity index (χ0n) is 40.5. The van der Waals surface area contributed by atoms with Crippen LogP contribution in [0, 0.1) is 23.8 Å². The molecule has 4 aliphatic rings. The Balaban J connectivity index is 0.000000146. The van der Waals surface area contributed by atoms with E-state index in [2.05, 4.69) is 45.8 Å². The van der Waals surface area contributed by atoms with Crippen molar-refractivity contribution in [2.75, 3.05) is 26.4 Å². The number of pyridine rings is 6. The van der Waals surface area contributed by atoms with Gasteiger partial charge in [0.05, 0.1) is 31.3 Å². The minimum Gasteiger partial charge on any atom is -0.455 e. The molecule has 78 heavy (non-hydrogen) atoms. The lowest BCUT2D eigenvalue weighted by atomic mass is 9.77. The molecule has 6 aromatic heterocycles. The molecule has 0 amide bonds. The fraction of sp³-hybridized carbons (Fsp3) is 0.154. The van der Waals surface area contributed by atoms with Crippen molar-refractivity contribution in [3.05, 3.63) is 190 Å². The van der Waals surface area contributed by atoms with E-state index in [4.69, 9.17) is 72.1 Å². The summed E-state index contributed by atoms with van der Waals surface area (Å²) in [6.45, 7) is 1.43. The van der Waals surface area contributed by atoms with Crippen LogP contribution in [0.25, 0.3) is 22.4 Å². The molecule has 0 saturated heterocycles. The number of amidine groups is 2. The van der Waals surface area contributed by atoms with Crippen molar-refractivity contribution < 1.29 is 56.6 Å². The van der Waals surface area contributed by atoms with Crippen LogP contribution >= 0.6 is 27.5 Å². The Morgan fingerprint density at radius 1 is 0.551 bits per heavy atom. The molecule has 26 heteroatoms. The number of aliphatic imine (C=N–C) groups is 2. The van der Waals surface area contributed by atoms with Crippen LogP contribution < -0.4 is 31.9 Å². The van der Waals surface area contributed by atoms with Gasteiger partial charge in [0.2, 0.25) is 23.8 Å². The molecule has 0 bridgehead atoms. The molecule has 12 rings (SSSR count). The van der Waals surface area contributed by atoms with Gasteiger partial charge in [0.15, 0.2) is 11.5 Å². The van der Waals surface area contributed by atoms with E-state index in [0.29, 0.717) is 94.7 Å². The molecule has 2 atom stereocenters. The fourth-order valence-electron chi connectivity index (χ4n) is 8.95. The van der Waals surface area contributed by atoms with E-state index in [1.807, 2.05) is 30.3 Å². The first-order valence-corrected chi connectivity index (χ1v) is 24.7. The zero-order chi connectivity index (χ0) is 55.1. The summed E-state index contributed by atoms with van der Waals surface area (Å²) in [4.78, 5) is 32.2. The predicted octanol–water partition coefficient (Wildman–Crippen LogP) is 6.04. The second-order valence-electron chi connectivity index (χ2n) is 17.4. The van der Waals surface area contributed by atoms with Crippen LogP contribution in [0.2, 0.25) is 5.15 Å². The number of hydrogen-bond acceptors (Lipinski definition) is 18. The predicted molar refractivity (Wildman–Crippen MR) is 284 cm³/mol. The molecular formula is C52H42B2BrClF4N10O8. The van der Waals surface area contributed by atoms with Crippen LogP contribution in [0.5, 0.6) is 23.0 Å². The summed E-state index contributed by atoms with van der Waals surface area (Å²) >= 11 is 9.65. The average Bonchev–Trinajstić information content (AvgIpc) is 3.91. The standard InChI is InChI=1S/C26H19F2N5O2.C16H13BrClN3O2.2C5H5BFNO2/c27-23-11-16(5-8-30-23)20-12-19-22(13-32-20)35-21-4-3-15(17-2-1-7-31-25(17)28)10-18(21)26(19)6-9-34-14-24(29)33-26;17-9-1-2-12-10(5-9)16(3-4-22-8-15(19)21-16)11-6-14(18)20-7-13(11)23-12;7-5-3-4(6(9)10)1-2-8-5;7-5-4(6(9)10)2-1-3-8-5/h1-5,7-8,10-13H,6,9,14H2,(H2,29,33);1-2,5-7H,3-4,8H2,(H2,19,21);2*1-3,9-10H/t26-;16-;;/m11../s1. The maximum absolute atomic E-state index is 14.5. The molecule has 18 nitrogen and oxygen atoms in total. The van der Waals surface area contributed by atoms with Gasteiger partial charge < -0.3 is 50.5 Å². The number of fused-ring (bicyclic) bond motifs is 8. The quantitative estimate of drug-likeness (QED) is 0.0666. The summed E-state index contributed by atoms with van der Waals surface area (Å²) in [6.07, 6.45) is 9.53. The molecule has 10 heterocycles. The summed E-state index contributed by atoms with van der Waals surface area (Å²) in [6, 6.07) is 26.2. The van der Waals surface area contributed by atoms with Crippen LogP contribution in [-0.4, -0.2) is 102 Å². The Bertz CT molecular complexity index is 3530. The van der Waals surface area contributed by atoms with E-state index in [1.165, 1.54) is 49.1 Å². The van der Waals surface area contributed by atoms with E-state index in [0.717, 1.165) is 33.0 Å². The summed E-state index contributed by atoms with van der Waals surface area (Å²) in [7, 11) is -3.41. The first-order chi connectivity index (χ1) is 37.5. The minimum atomic E-state index is -1.78. The SMILES string of the molecule is NC1=N[C@]2(CCOC1)c1cc(-c3cccnc3F)ccc1Oc1cnc(-c3ccnc(F)c3)cc12.NC1=N[C@]2(CCOC1)c1cc(Br)ccc1Oc1cnc(Cl)cc12.OB(O)c1cccnc1F.OB(O)c1ccnc(F)c1. The molecule has 0 radical (unpaired) electrons. The zero-order valence-corrected chi connectivity index (χ0v) is 42.9. The van der Waals surface area contributed by atoms with Crippen LogP contribution in [0.3, 0.4) is 0 Å². The van der Waals surface area contributed by atoms with Crippen molar-refractivity contribution >= 4 is 64.4 Å². The van der Waals surface area contributed by atoms with E-state index in [9.17, 15) is 17.6 Å². The van der Waals surface area contributed by atoms with Gasteiger partial charge >= 0.3 is 14.2 Å². The Morgan fingerprint density at radius 3 is 1.72 bits per heavy atom. The Labute approximate surface area is 456 Å². The smallest absolute Gasteiger partial charge is 0.455 e. The summed E-state index contributed by atoms with van der Waals surface area (Å²) < 4.78 is 77.4. The lowest BCUT2D eigenvalue weighted by molar-refractivity contribution is 0.160. The summed E-state index contributed by atoms with van der Waals surface area (Å²) in [5.74, 6) is 0.488. The Kier molecular flexibility index (Phi) is 16.8. The van der Waals surface area contributed by atoms with Gasteiger partial charge in [0.1, 0.15) is 52.6 Å². The Hall–Kier alpha value is -7.74. The van der Waals surface area contributed by atoms with Crippen LogP contribution in [0.4, 0.5) is 17.6 Å². The number of benzene rings is 2. The third-order valence-electron chi connectivity index (χ3n) is 12.4. The third kappa shape index (κ3) is 12.0. The molecule has 2 aromatic carbocycles. The largest absolute Gasteiger partial charge is 0.493 e. The van der Waals surface area contributed by atoms with Crippen molar-refractivity contribution in [1.82, 2.24) is 29.9 Å². The monoisotopic (exact) mass is 1150 g/mol. The highest BCUT2D eigenvalue weighted by Crippen LogP contribution is 2.54. The van der Waals surface area contributed by atoms with Gasteiger partial charge in [-0.05, 0) is 89.9 Å². The summed E-state index contributed by atoms with van der Waals surface area (Å²) in [5.41, 5.74) is 15.9. The molecule has 0 aliphatic carbocycles. The third-order valence-corrected chi connectivity index (χ3v) is 13.1. The van der Waals surface area contributed by atoms with Gasteiger partial charge in [-0.1, -0.05) is 39.7 Å². The molecule has 2 spiro atoms. The maximum atomic E-state index is 14.5. The van der Waals surface area contributed by atoms with Gasteiger partial charge in [-0.25, -0.2) is 24.9 Å². The molecule has 8 N–H and O–H groups in total. The number of ether oxygens (including phenoxy) is 4. The second kappa shape index (κ2) is 23.9. The van der Waals surface area contributed by atoms with E-state index < -0.39 is 49.1 Å². The molecule has 396 valence electrons. The molecule has 0 saturated carbocycles. The van der Waals surface area contributed by atoms with Crippen molar-refractivity contribution in [1.29, 1.82) is 0 Å². The van der Waals surface area contributed by atoms with Crippen LogP contribution in [0.1, 0.15) is 35.1 Å². The lowest BCUT2D eigenvalue weighted by Gasteiger charge is -2.37. The van der Waals surface area contributed by atoms with Gasteiger partial charge in [-0.3, -0.25) is 15.0 Å². The number of nitrogens with zero attached hydrogens (tertiary/aromatic N) is 8. The topological polar surface area (TPSA) is 272 Å². The van der Waals surface area contributed by atoms with Gasteiger partial charge in [0.25, 0.3) is 0 Å².